The van der Waals surface area contributed by atoms with E-state index in [9.17, 15) is 0 Å². The molecule has 0 aromatic heterocycles. The van der Waals surface area contributed by atoms with Crippen LogP contribution in [-0.4, -0.2) is 0 Å². The monoisotopic (exact) mass is 304 g/mol. The molecule has 0 nitrogen and oxygen atoms in total. The molecule has 0 amide bonds. The van der Waals surface area contributed by atoms with Gasteiger partial charge in [0, 0.05) is 16.0 Å². The first-order valence-corrected chi connectivity index (χ1v) is 7.96. The molecule has 108 valence electrons. The molecule has 1 heteroatoms. The van der Waals surface area contributed by atoms with Crippen LogP contribution < -0.4 is 0 Å². The van der Waals surface area contributed by atoms with Gasteiger partial charge >= 0.3 is 0 Å². The molecule has 3 aromatic carbocycles. The lowest BCUT2D eigenvalue weighted by Crippen LogP contribution is -2.14. The first-order valence-electron chi connectivity index (χ1n) is 7.58. The number of hydrogen-bond acceptors (Lipinski definition) is 0. The van der Waals surface area contributed by atoms with Gasteiger partial charge in [0.1, 0.15) is 0 Å². The molecule has 0 aliphatic heterocycles. The van der Waals surface area contributed by atoms with Crippen LogP contribution in [0.3, 0.4) is 0 Å². The fourth-order valence-corrected chi connectivity index (χ4v) is 3.83. The lowest BCUT2D eigenvalue weighted by atomic mass is 9.82. The van der Waals surface area contributed by atoms with Gasteiger partial charge in [0.05, 0.1) is 0 Å². The second-order valence-electron chi connectivity index (χ2n) is 6.41. The van der Waals surface area contributed by atoms with Gasteiger partial charge in [0.15, 0.2) is 0 Å². The van der Waals surface area contributed by atoms with Gasteiger partial charge in [0.25, 0.3) is 0 Å². The lowest BCUT2D eigenvalue weighted by molar-refractivity contribution is 0.660. The Hall–Kier alpha value is -2.05. The van der Waals surface area contributed by atoms with Gasteiger partial charge in [-0.15, -0.1) is 0 Å². The molecular formula is C21H17Cl. The second-order valence-corrected chi connectivity index (χ2v) is 6.82. The molecule has 4 rings (SSSR count). The zero-order chi connectivity index (χ0) is 15.3. The predicted molar refractivity (Wildman–Crippen MR) is 94.5 cm³/mol. The Labute approximate surface area is 136 Å². The topological polar surface area (TPSA) is 0 Å². The Kier molecular flexibility index (Phi) is 2.92. The minimum atomic E-state index is 0.0605. The molecular weight excluding hydrogens is 288 g/mol. The van der Waals surface area contributed by atoms with E-state index in [1.54, 1.807) is 0 Å². The predicted octanol–water partition coefficient (Wildman–Crippen LogP) is 6.31. The maximum Gasteiger partial charge on any atom is 0.0484 e. The number of halogens is 1. The molecule has 0 saturated heterocycles. The van der Waals surface area contributed by atoms with Crippen molar-refractivity contribution in [1.82, 2.24) is 0 Å². The van der Waals surface area contributed by atoms with Crippen LogP contribution in [0.4, 0.5) is 0 Å². The van der Waals surface area contributed by atoms with E-state index in [4.69, 9.17) is 11.6 Å². The minimum Gasteiger partial charge on any atom is -0.0837 e. The van der Waals surface area contributed by atoms with E-state index < -0.39 is 0 Å². The molecule has 0 atom stereocenters. The molecule has 22 heavy (non-hydrogen) atoms. The van der Waals surface area contributed by atoms with Gasteiger partial charge in [-0.05, 0) is 39.9 Å². The highest BCUT2D eigenvalue weighted by Gasteiger charge is 2.35. The van der Waals surface area contributed by atoms with Crippen LogP contribution in [0.25, 0.3) is 22.3 Å². The fraction of sp³-hybridized carbons (Fsp3) is 0.143. The standard InChI is InChI=1S/C21H17Cl/c1-21(2)18-9-5-3-8-16(18)17-13-14(11-12-19(17)21)15-7-4-6-10-20(15)22/h3-13H,1-2H3. The van der Waals surface area contributed by atoms with Crippen molar-refractivity contribution in [3.05, 3.63) is 82.9 Å². The van der Waals surface area contributed by atoms with Crippen LogP contribution in [0.2, 0.25) is 5.02 Å². The van der Waals surface area contributed by atoms with Crippen molar-refractivity contribution in [3.8, 4) is 22.3 Å². The summed E-state index contributed by atoms with van der Waals surface area (Å²) in [5.41, 5.74) is 7.80. The van der Waals surface area contributed by atoms with Gasteiger partial charge in [0.2, 0.25) is 0 Å². The quantitative estimate of drug-likeness (QED) is 0.494. The highest BCUT2D eigenvalue weighted by molar-refractivity contribution is 6.33. The summed E-state index contributed by atoms with van der Waals surface area (Å²) in [7, 11) is 0. The summed E-state index contributed by atoms with van der Waals surface area (Å²) >= 11 is 6.37. The third kappa shape index (κ3) is 1.84. The zero-order valence-electron chi connectivity index (χ0n) is 12.7. The fourth-order valence-electron chi connectivity index (χ4n) is 3.58. The first-order chi connectivity index (χ1) is 10.6. The molecule has 0 bridgehead atoms. The van der Waals surface area contributed by atoms with Crippen molar-refractivity contribution in [3.63, 3.8) is 0 Å². The molecule has 0 saturated carbocycles. The van der Waals surface area contributed by atoms with Crippen LogP contribution in [0.1, 0.15) is 25.0 Å². The van der Waals surface area contributed by atoms with Gasteiger partial charge in [-0.2, -0.15) is 0 Å². The average Bonchev–Trinajstić information content (AvgIpc) is 2.76. The number of fused-ring (bicyclic) bond motifs is 3. The van der Waals surface area contributed by atoms with E-state index in [1.165, 1.54) is 27.8 Å². The van der Waals surface area contributed by atoms with E-state index in [1.807, 2.05) is 18.2 Å². The van der Waals surface area contributed by atoms with Crippen LogP contribution in [0.15, 0.2) is 66.7 Å². The van der Waals surface area contributed by atoms with Crippen LogP contribution in [-0.2, 0) is 5.41 Å². The van der Waals surface area contributed by atoms with E-state index in [0.29, 0.717) is 0 Å². The third-order valence-electron chi connectivity index (χ3n) is 4.77. The van der Waals surface area contributed by atoms with Crippen molar-refractivity contribution in [1.29, 1.82) is 0 Å². The Bertz CT molecular complexity index is 875. The summed E-state index contributed by atoms with van der Waals surface area (Å²) in [6, 6.07) is 23.5. The van der Waals surface area contributed by atoms with Crippen molar-refractivity contribution in [2.45, 2.75) is 19.3 Å². The maximum atomic E-state index is 6.37. The SMILES string of the molecule is CC1(C)c2ccccc2-c2cc(-c3ccccc3Cl)ccc21. The van der Waals surface area contributed by atoms with E-state index in [2.05, 4.69) is 62.4 Å². The Morgan fingerprint density at radius 2 is 1.32 bits per heavy atom. The normalized spacial score (nSPS) is 14.5. The molecule has 0 unspecified atom stereocenters. The van der Waals surface area contributed by atoms with E-state index in [0.717, 1.165) is 10.6 Å². The summed E-state index contributed by atoms with van der Waals surface area (Å²) in [6.45, 7) is 4.60. The Morgan fingerprint density at radius 1 is 0.682 bits per heavy atom. The van der Waals surface area contributed by atoms with Gasteiger partial charge in [-0.3, -0.25) is 0 Å². The molecule has 1 aliphatic rings. The number of hydrogen-bond donors (Lipinski definition) is 0. The second kappa shape index (κ2) is 4.72. The molecule has 1 aliphatic carbocycles. The van der Waals surface area contributed by atoms with Crippen molar-refractivity contribution >= 4 is 11.6 Å². The van der Waals surface area contributed by atoms with Crippen molar-refractivity contribution < 1.29 is 0 Å². The van der Waals surface area contributed by atoms with Crippen LogP contribution >= 0.6 is 11.6 Å². The Balaban J connectivity index is 1.97. The first kappa shape index (κ1) is 13.6. The summed E-state index contributed by atoms with van der Waals surface area (Å²) in [5.74, 6) is 0. The van der Waals surface area contributed by atoms with Crippen LogP contribution in [0, 0.1) is 0 Å². The zero-order valence-corrected chi connectivity index (χ0v) is 13.5. The lowest BCUT2D eigenvalue weighted by Gasteiger charge is -2.21. The molecule has 0 radical (unpaired) electrons. The van der Waals surface area contributed by atoms with E-state index >= 15 is 0 Å². The highest BCUT2D eigenvalue weighted by atomic mass is 35.5. The summed E-state index contributed by atoms with van der Waals surface area (Å²) in [4.78, 5) is 0. The van der Waals surface area contributed by atoms with Gasteiger partial charge in [-0.1, -0.05) is 80.0 Å². The summed E-state index contributed by atoms with van der Waals surface area (Å²) in [6.07, 6.45) is 0. The van der Waals surface area contributed by atoms with Crippen molar-refractivity contribution in [2.24, 2.45) is 0 Å². The molecule has 0 heterocycles. The minimum absolute atomic E-state index is 0.0605. The number of benzene rings is 3. The number of rotatable bonds is 1. The molecule has 0 spiro atoms. The smallest absolute Gasteiger partial charge is 0.0484 e. The van der Waals surface area contributed by atoms with Gasteiger partial charge in [-0.25, -0.2) is 0 Å². The van der Waals surface area contributed by atoms with Crippen molar-refractivity contribution in [2.75, 3.05) is 0 Å². The Morgan fingerprint density at radius 3 is 2.09 bits per heavy atom. The average molecular weight is 305 g/mol. The molecule has 0 N–H and O–H groups in total. The van der Waals surface area contributed by atoms with Crippen LogP contribution in [0.5, 0.6) is 0 Å². The summed E-state index contributed by atoms with van der Waals surface area (Å²) in [5, 5.41) is 0.799. The molecule has 3 aromatic rings. The summed E-state index contributed by atoms with van der Waals surface area (Å²) < 4.78 is 0. The van der Waals surface area contributed by atoms with Gasteiger partial charge < -0.3 is 0 Å². The van der Waals surface area contributed by atoms with E-state index in [-0.39, 0.29) is 5.41 Å². The highest BCUT2D eigenvalue weighted by Crippen LogP contribution is 2.49. The maximum absolute atomic E-state index is 6.37. The third-order valence-corrected chi connectivity index (χ3v) is 5.10. The molecule has 0 fully saturated rings. The largest absolute Gasteiger partial charge is 0.0837 e.